The highest BCUT2D eigenvalue weighted by molar-refractivity contribution is 5.85. The average molecular weight is 341 g/mol. The summed E-state index contributed by atoms with van der Waals surface area (Å²) in [7, 11) is 1.68. The average Bonchev–Trinajstić information content (AvgIpc) is 2.74. The molecule has 1 fully saturated rings. The fourth-order valence-electron chi connectivity index (χ4n) is 3.18. The summed E-state index contributed by atoms with van der Waals surface area (Å²) in [6.07, 6.45) is 4.14. The van der Waals surface area contributed by atoms with Crippen LogP contribution in [0.1, 0.15) is 37.3 Å². The third-order valence-corrected chi connectivity index (χ3v) is 4.37. The summed E-state index contributed by atoms with van der Waals surface area (Å²) >= 11 is 0. The summed E-state index contributed by atoms with van der Waals surface area (Å²) in [5.41, 5.74) is 2.23. The first-order valence-electron chi connectivity index (χ1n) is 8.05. The zero-order chi connectivity index (χ0) is 15.5. The summed E-state index contributed by atoms with van der Waals surface area (Å²) in [4.78, 5) is 12.0. The number of halogens is 1. The Morgan fingerprint density at radius 2 is 2.22 bits per heavy atom. The molecule has 2 atom stereocenters. The van der Waals surface area contributed by atoms with Gasteiger partial charge in [-0.1, -0.05) is 0 Å². The van der Waals surface area contributed by atoms with Crippen LogP contribution in [0.15, 0.2) is 12.1 Å². The van der Waals surface area contributed by atoms with Gasteiger partial charge >= 0.3 is 0 Å². The van der Waals surface area contributed by atoms with Crippen molar-refractivity contribution in [2.24, 2.45) is 0 Å². The van der Waals surface area contributed by atoms with Gasteiger partial charge in [0, 0.05) is 30.6 Å². The van der Waals surface area contributed by atoms with E-state index in [-0.39, 0.29) is 30.5 Å². The third-order valence-electron chi connectivity index (χ3n) is 4.37. The van der Waals surface area contributed by atoms with E-state index in [1.807, 2.05) is 6.07 Å². The quantitative estimate of drug-likeness (QED) is 0.882. The molecule has 1 amide bonds. The molecular formula is C17H25ClN2O3. The fourth-order valence-corrected chi connectivity index (χ4v) is 3.18. The molecule has 23 heavy (non-hydrogen) atoms. The van der Waals surface area contributed by atoms with E-state index < -0.39 is 0 Å². The van der Waals surface area contributed by atoms with Crippen molar-refractivity contribution >= 4 is 18.3 Å². The minimum absolute atomic E-state index is 0. The summed E-state index contributed by atoms with van der Waals surface area (Å²) < 4.78 is 11.3. The number of carbonyl (C=O) groups excluding carboxylic acids is 1. The van der Waals surface area contributed by atoms with Gasteiger partial charge < -0.3 is 20.1 Å². The first kappa shape index (κ1) is 17.9. The standard InChI is InChI=1S/C17H24N2O3.ClH/c1-11-7-12-8-15(21-2)13(9-16(12)22-11)10-19-14-5-3-4-6-18-17(14)20;/h8-9,11,14,19H,3-7,10H2,1-2H3,(H,18,20);1H. The molecule has 0 aliphatic carbocycles. The molecule has 5 nitrogen and oxygen atoms in total. The monoisotopic (exact) mass is 340 g/mol. The second-order valence-corrected chi connectivity index (χ2v) is 6.12. The van der Waals surface area contributed by atoms with E-state index in [0.29, 0.717) is 6.54 Å². The van der Waals surface area contributed by atoms with Crippen LogP contribution in [0, 0.1) is 0 Å². The number of fused-ring (bicyclic) bond motifs is 1. The number of hydrogen-bond acceptors (Lipinski definition) is 4. The molecule has 1 aromatic carbocycles. The summed E-state index contributed by atoms with van der Waals surface area (Å²) in [5, 5.41) is 6.31. The van der Waals surface area contributed by atoms with E-state index in [4.69, 9.17) is 9.47 Å². The second-order valence-electron chi connectivity index (χ2n) is 6.12. The van der Waals surface area contributed by atoms with Crippen molar-refractivity contribution in [2.75, 3.05) is 13.7 Å². The Bertz CT molecular complexity index is 565. The molecule has 0 radical (unpaired) electrons. The smallest absolute Gasteiger partial charge is 0.237 e. The van der Waals surface area contributed by atoms with Crippen LogP contribution in [0.25, 0.3) is 0 Å². The van der Waals surface area contributed by atoms with Gasteiger partial charge in [0.15, 0.2) is 0 Å². The molecule has 0 spiro atoms. The Balaban J connectivity index is 0.00000192. The number of benzene rings is 1. The number of amides is 1. The van der Waals surface area contributed by atoms with Crippen LogP contribution in [0.5, 0.6) is 11.5 Å². The van der Waals surface area contributed by atoms with Crippen molar-refractivity contribution in [3.63, 3.8) is 0 Å². The van der Waals surface area contributed by atoms with Crippen LogP contribution in [0.3, 0.4) is 0 Å². The summed E-state index contributed by atoms with van der Waals surface area (Å²) in [5.74, 6) is 1.90. The van der Waals surface area contributed by atoms with E-state index in [9.17, 15) is 4.79 Å². The highest BCUT2D eigenvalue weighted by Gasteiger charge is 2.23. The lowest BCUT2D eigenvalue weighted by Gasteiger charge is -2.17. The lowest BCUT2D eigenvalue weighted by molar-refractivity contribution is -0.122. The number of methoxy groups -OCH3 is 1. The molecule has 128 valence electrons. The second kappa shape index (κ2) is 7.88. The number of rotatable bonds is 4. The molecule has 2 aliphatic heterocycles. The van der Waals surface area contributed by atoms with Gasteiger partial charge in [-0.3, -0.25) is 4.79 Å². The van der Waals surface area contributed by atoms with Crippen molar-refractivity contribution in [3.05, 3.63) is 23.3 Å². The molecule has 2 unspecified atom stereocenters. The van der Waals surface area contributed by atoms with E-state index in [1.165, 1.54) is 5.56 Å². The van der Waals surface area contributed by atoms with E-state index >= 15 is 0 Å². The Morgan fingerprint density at radius 1 is 1.39 bits per heavy atom. The van der Waals surface area contributed by atoms with Crippen LogP contribution in [-0.2, 0) is 17.8 Å². The Hall–Kier alpha value is -1.46. The normalized spacial score (nSPS) is 23.1. The van der Waals surface area contributed by atoms with Gasteiger partial charge in [-0.2, -0.15) is 0 Å². The van der Waals surface area contributed by atoms with Crippen LogP contribution in [-0.4, -0.2) is 31.7 Å². The zero-order valence-corrected chi connectivity index (χ0v) is 14.5. The largest absolute Gasteiger partial charge is 0.496 e. The maximum Gasteiger partial charge on any atom is 0.237 e. The topological polar surface area (TPSA) is 59.6 Å². The lowest BCUT2D eigenvalue weighted by Crippen LogP contribution is -2.42. The van der Waals surface area contributed by atoms with Gasteiger partial charge in [-0.15, -0.1) is 12.4 Å². The molecule has 0 aromatic heterocycles. The minimum Gasteiger partial charge on any atom is -0.496 e. The van der Waals surface area contributed by atoms with Crippen LogP contribution >= 0.6 is 12.4 Å². The SMILES string of the molecule is COc1cc2c(cc1CNC1CCCCNC1=O)OC(C)C2.Cl. The molecule has 1 saturated heterocycles. The van der Waals surface area contributed by atoms with Gasteiger partial charge in [0.05, 0.1) is 13.2 Å². The first-order chi connectivity index (χ1) is 10.7. The molecule has 3 rings (SSSR count). The van der Waals surface area contributed by atoms with Crippen molar-refractivity contribution in [2.45, 2.75) is 51.3 Å². The molecule has 1 aromatic rings. The maximum atomic E-state index is 12.0. The molecule has 6 heteroatoms. The predicted molar refractivity (Wildman–Crippen MR) is 91.5 cm³/mol. The maximum absolute atomic E-state index is 12.0. The van der Waals surface area contributed by atoms with Gasteiger partial charge in [0.1, 0.15) is 17.6 Å². The highest BCUT2D eigenvalue weighted by Crippen LogP contribution is 2.35. The molecule has 0 bridgehead atoms. The van der Waals surface area contributed by atoms with Crippen LogP contribution < -0.4 is 20.1 Å². The van der Waals surface area contributed by atoms with Gasteiger partial charge in [0.25, 0.3) is 0 Å². The molecular weight excluding hydrogens is 316 g/mol. The van der Waals surface area contributed by atoms with Gasteiger partial charge in [-0.05, 0) is 38.3 Å². The summed E-state index contributed by atoms with van der Waals surface area (Å²) in [6, 6.07) is 3.97. The Labute approximate surface area is 143 Å². The predicted octanol–water partition coefficient (Wildman–Crippen LogP) is 2.20. The number of hydrogen-bond donors (Lipinski definition) is 2. The lowest BCUT2D eigenvalue weighted by atomic mass is 10.1. The van der Waals surface area contributed by atoms with E-state index in [1.54, 1.807) is 7.11 Å². The zero-order valence-electron chi connectivity index (χ0n) is 13.7. The van der Waals surface area contributed by atoms with E-state index in [0.717, 1.165) is 49.3 Å². The number of ether oxygens (including phenoxy) is 2. The van der Waals surface area contributed by atoms with Crippen molar-refractivity contribution in [1.29, 1.82) is 0 Å². The van der Waals surface area contributed by atoms with Gasteiger partial charge in [-0.25, -0.2) is 0 Å². The molecule has 0 saturated carbocycles. The van der Waals surface area contributed by atoms with Gasteiger partial charge in [0.2, 0.25) is 5.91 Å². The highest BCUT2D eigenvalue weighted by atomic mass is 35.5. The Morgan fingerprint density at radius 3 is 3.00 bits per heavy atom. The first-order valence-corrected chi connectivity index (χ1v) is 8.05. The minimum atomic E-state index is -0.125. The van der Waals surface area contributed by atoms with Crippen LogP contribution in [0.2, 0.25) is 0 Å². The van der Waals surface area contributed by atoms with Crippen molar-refractivity contribution in [1.82, 2.24) is 10.6 Å². The number of carbonyl (C=O) groups is 1. The molecule has 2 aliphatic rings. The van der Waals surface area contributed by atoms with Crippen molar-refractivity contribution < 1.29 is 14.3 Å². The van der Waals surface area contributed by atoms with Crippen LogP contribution in [0.4, 0.5) is 0 Å². The number of nitrogens with one attached hydrogen (secondary N) is 2. The third kappa shape index (κ3) is 4.09. The fraction of sp³-hybridized carbons (Fsp3) is 0.588. The van der Waals surface area contributed by atoms with E-state index in [2.05, 4.69) is 23.6 Å². The van der Waals surface area contributed by atoms with Crippen molar-refractivity contribution in [3.8, 4) is 11.5 Å². The molecule has 2 heterocycles. The Kier molecular flexibility index (Phi) is 6.13. The summed E-state index contributed by atoms with van der Waals surface area (Å²) in [6.45, 7) is 3.46. The molecule has 2 N–H and O–H groups in total.